The molecule has 0 radical (unpaired) electrons. The van der Waals surface area contributed by atoms with Gasteiger partial charge in [-0.05, 0) is 25.5 Å². The van der Waals surface area contributed by atoms with E-state index < -0.39 is 0 Å². The molecule has 0 N–H and O–H groups in total. The molecule has 0 aliphatic carbocycles. The van der Waals surface area contributed by atoms with Crippen molar-refractivity contribution >= 4 is 17.7 Å². The molecule has 0 unspecified atom stereocenters. The minimum Gasteiger partial charge on any atom is -0.496 e. The van der Waals surface area contributed by atoms with Crippen LogP contribution in [0.5, 0.6) is 5.75 Å². The van der Waals surface area contributed by atoms with Gasteiger partial charge in [-0.2, -0.15) is 0 Å². The fraction of sp³-hybridized carbons (Fsp3) is 0.333. The normalized spacial score (nSPS) is 10.8. The third-order valence-corrected chi connectivity index (χ3v) is 2.18. The highest BCUT2D eigenvalue weighted by atomic mass is 35.5. The van der Waals surface area contributed by atoms with E-state index in [1.807, 2.05) is 18.2 Å². The van der Waals surface area contributed by atoms with Crippen LogP contribution >= 0.6 is 11.6 Å². The van der Waals surface area contributed by atoms with E-state index in [0.29, 0.717) is 5.88 Å². The molecular weight excluding hydrogens is 196 g/mol. The Labute approximate surface area is 90.3 Å². The highest BCUT2D eigenvalue weighted by Gasteiger charge is 1.98. The van der Waals surface area contributed by atoms with E-state index in [4.69, 9.17) is 16.3 Å². The van der Waals surface area contributed by atoms with Gasteiger partial charge in [-0.25, -0.2) is 0 Å². The van der Waals surface area contributed by atoms with Crippen molar-refractivity contribution in [1.82, 2.24) is 0 Å². The Hall–Kier alpha value is -0.950. The first kappa shape index (κ1) is 11.1. The van der Waals surface area contributed by atoms with Crippen LogP contribution in [-0.2, 0) is 0 Å². The summed E-state index contributed by atoms with van der Waals surface area (Å²) in [4.78, 5) is 0. The molecule has 1 aromatic carbocycles. The summed E-state index contributed by atoms with van der Waals surface area (Å²) in [5.41, 5.74) is 2.34. The molecule has 1 aromatic rings. The first-order valence-corrected chi connectivity index (χ1v) is 5.18. The number of rotatable bonds is 4. The number of halogens is 1. The van der Waals surface area contributed by atoms with E-state index in [2.05, 4.69) is 19.1 Å². The molecule has 0 saturated heterocycles. The van der Waals surface area contributed by atoms with Crippen LogP contribution < -0.4 is 4.74 Å². The Bertz CT molecular complexity index is 318. The number of methoxy groups -OCH3 is 1. The smallest absolute Gasteiger partial charge is 0.126 e. The van der Waals surface area contributed by atoms with Gasteiger partial charge in [0.2, 0.25) is 0 Å². The molecule has 0 saturated carbocycles. The number of alkyl halides is 1. The van der Waals surface area contributed by atoms with Crippen molar-refractivity contribution in [3.63, 3.8) is 0 Å². The van der Waals surface area contributed by atoms with Crippen molar-refractivity contribution < 1.29 is 4.74 Å². The third-order valence-electron chi connectivity index (χ3n) is 1.96. The zero-order chi connectivity index (χ0) is 10.4. The summed E-state index contributed by atoms with van der Waals surface area (Å²) in [6.07, 6.45) is 5.00. The van der Waals surface area contributed by atoms with Gasteiger partial charge in [-0.15, -0.1) is 11.6 Å². The van der Waals surface area contributed by atoms with Gasteiger partial charge in [0.1, 0.15) is 5.75 Å². The van der Waals surface area contributed by atoms with Crippen LogP contribution in [0.4, 0.5) is 0 Å². The third kappa shape index (κ3) is 3.08. The Morgan fingerprint density at radius 1 is 1.43 bits per heavy atom. The predicted molar refractivity (Wildman–Crippen MR) is 62.1 cm³/mol. The first-order valence-electron chi connectivity index (χ1n) is 4.65. The van der Waals surface area contributed by atoms with Gasteiger partial charge in [0.25, 0.3) is 0 Å². The van der Waals surface area contributed by atoms with E-state index in [1.165, 1.54) is 5.56 Å². The van der Waals surface area contributed by atoms with Gasteiger partial charge in [-0.3, -0.25) is 0 Å². The lowest BCUT2D eigenvalue weighted by Gasteiger charge is -2.05. The highest BCUT2D eigenvalue weighted by Crippen LogP contribution is 2.21. The molecule has 2 heteroatoms. The average Bonchev–Trinajstić information content (AvgIpc) is 2.19. The zero-order valence-electron chi connectivity index (χ0n) is 8.59. The van der Waals surface area contributed by atoms with Crippen LogP contribution in [0.3, 0.4) is 0 Å². The van der Waals surface area contributed by atoms with Gasteiger partial charge in [0.15, 0.2) is 0 Å². The number of allylic oxidation sites excluding steroid dienone is 1. The maximum atomic E-state index is 5.59. The van der Waals surface area contributed by atoms with Gasteiger partial charge >= 0.3 is 0 Å². The number of ether oxygens (including phenoxy) is 1. The minimum atomic E-state index is 0.657. The minimum absolute atomic E-state index is 0.657. The maximum absolute atomic E-state index is 5.59. The number of aryl methyl sites for hydroxylation is 1. The zero-order valence-corrected chi connectivity index (χ0v) is 9.34. The van der Waals surface area contributed by atoms with Crippen molar-refractivity contribution in [2.75, 3.05) is 13.0 Å². The van der Waals surface area contributed by atoms with Crippen LogP contribution in [-0.4, -0.2) is 13.0 Å². The molecule has 0 spiro atoms. The number of benzene rings is 1. The average molecular weight is 211 g/mol. The van der Waals surface area contributed by atoms with E-state index >= 15 is 0 Å². The summed E-state index contributed by atoms with van der Waals surface area (Å²) in [7, 11) is 1.68. The topological polar surface area (TPSA) is 9.23 Å². The standard InChI is InChI=1S/C12H15ClO/c1-10-6-7-12(14-2)11(9-10)5-3-4-8-13/h3,5-7,9H,4,8H2,1-2H3. The molecule has 0 bridgehead atoms. The Morgan fingerprint density at radius 3 is 2.86 bits per heavy atom. The largest absolute Gasteiger partial charge is 0.496 e. The van der Waals surface area contributed by atoms with E-state index in [-0.39, 0.29) is 0 Å². The molecule has 0 atom stereocenters. The highest BCUT2D eigenvalue weighted by molar-refractivity contribution is 6.17. The molecule has 0 aliphatic rings. The Balaban J connectivity index is 2.87. The molecule has 14 heavy (non-hydrogen) atoms. The van der Waals surface area contributed by atoms with Gasteiger partial charge in [0, 0.05) is 11.4 Å². The van der Waals surface area contributed by atoms with Crippen molar-refractivity contribution in [3.05, 3.63) is 35.4 Å². The van der Waals surface area contributed by atoms with Gasteiger partial charge < -0.3 is 4.74 Å². The van der Waals surface area contributed by atoms with Crippen molar-refractivity contribution in [2.24, 2.45) is 0 Å². The summed E-state index contributed by atoms with van der Waals surface area (Å²) in [6.45, 7) is 2.07. The molecule has 1 nitrogen and oxygen atoms in total. The second kappa shape index (κ2) is 5.71. The molecular formula is C12H15ClO. The van der Waals surface area contributed by atoms with Crippen LogP contribution in [0.25, 0.3) is 6.08 Å². The van der Waals surface area contributed by atoms with Crippen LogP contribution in [0.2, 0.25) is 0 Å². The molecule has 0 heterocycles. The van der Waals surface area contributed by atoms with E-state index in [0.717, 1.165) is 17.7 Å². The summed E-state index contributed by atoms with van der Waals surface area (Å²) < 4.78 is 5.25. The fourth-order valence-electron chi connectivity index (χ4n) is 1.26. The van der Waals surface area contributed by atoms with Crippen LogP contribution in [0.1, 0.15) is 17.5 Å². The Morgan fingerprint density at radius 2 is 2.21 bits per heavy atom. The SMILES string of the molecule is COc1ccc(C)cc1C=CCCCl. The van der Waals surface area contributed by atoms with E-state index in [1.54, 1.807) is 7.11 Å². The molecule has 1 rings (SSSR count). The monoisotopic (exact) mass is 210 g/mol. The van der Waals surface area contributed by atoms with Crippen molar-refractivity contribution in [1.29, 1.82) is 0 Å². The lowest BCUT2D eigenvalue weighted by atomic mass is 10.1. The number of hydrogen-bond acceptors (Lipinski definition) is 1. The van der Waals surface area contributed by atoms with Crippen molar-refractivity contribution in [2.45, 2.75) is 13.3 Å². The molecule has 0 fully saturated rings. The number of hydrogen-bond donors (Lipinski definition) is 0. The quantitative estimate of drug-likeness (QED) is 0.690. The summed E-state index contributed by atoms with van der Waals surface area (Å²) in [5.74, 6) is 1.56. The summed E-state index contributed by atoms with van der Waals surface area (Å²) in [5, 5.41) is 0. The first-order chi connectivity index (χ1) is 6.77. The maximum Gasteiger partial charge on any atom is 0.126 e. The summed E-state index contributed by atoms with van der Waals surface area (Å²) >= 11 is 5.59. The molecule has 0 amide bonds. The fourth-order valence-corrected chi connectivity index (χ4v) is 1.38. The van der Waals surface area contributed by atoms with Crippen molar-refractivity contribution in [3.8, 4) is 5.75 Å². The van der Waals surface area contributed by atoms with Gasteiger partial charge in [-0.1, -0.05) is 23.8 Å². The second-order valence-electron chi connectivity index (χ2n) is 3.13. The predicted octanol–water partition coefficient (Wildman–Crippen LogP) is 3.65. The van der Waals surface area contributed by atoms with E-state index in [9.17, 15) is 0 Å². The Kier molecular flexibility index (Phi) is 4.54. The lowest BCUT2D eigenvalue weighted by Crippen LogP contribution is -1.87. The summed E-state index contributed by atoms with van der Waals surface area (Å²) in [6, 6.07) is 6.12. The van der Waals surface area contributed by atoms with Crippen LogP contribution in [0.15, 0.2) is 24.3 Å². The lowest BCUT2D eigenvalue weighted by molar-refractivity contribution is 0.413. The molecule has 76 valence electrons. The van der Waals surface area contributed by atoms with Crippen LogP contribution in [0, 0.1) is 6.92 Å². The molecule has 0 aliphatic heterocycles. The van der Waals surface area contributed by atoms with Gasteiger partial charge in [0.05, 0.1) is 7.11 Å². The molecule has 0 aromatic heterocycles. The second-order valence-corrected chi connectivity index (χ2v) is 3.50.